The van der Waals surface area contributed by atoms with Gasteiger partial charge in [-0.15, -0.1) is 24.5 Å². The van der Waals surface area contributed by atoms with E-state index in [0.29, 0.717) is 12.4 Å². The van der Waals surface area contributed by atoms with Crippen molar-refractivity contribution >= 4 is 29.0 Å². The van der Waals surface area contributed by atoms with Crippen LogP contribution in [-0.2, 0) is 11.4 Å². The zero-order valence-corrected chi connectivity index (χ0v) is 16.6. The highest BCUT2D eigenvalue weighted by atomic mass is 32.1. The molecule has 3 aromatic rings. The van der Waals surface area contributed by atoms with E-state index in [9.17, 15) is 18.0 Å². The summed E-state index contributed by atoms with van der Waals surface area (Å²) in [4.78, 5) is 16.4. The molecule has 5 nitrogen and oxygen atoms in total. The number of ether oxygens (including phenoxy) is 2. The van der Waals surface area contributed by atoms with E-state index in [0.717, 1.165) is 22.3 Å². The van der Waals surface area contributed by atoms with Gasteiger partial charge in [-0.2, -0.15) is 0 Å². The van der Waals surface area contributed by atoms with Gasteiger partial charge in [0.15, 0.2) is 5.75 Å². The molecule has 30 heavy (non-hydrogen) atoms. The van der Waals surface area contributed by atoms with Gasteiger partial charge in [0.2, 0.25) is 5.91 Å². The second kappa shape index (κ2) is 9.45. The number of carbonyl (C=O) groups is 1. The number of hydrogen-bond donors (Lipinski definition) is 1. The Hall–Kier alpha value is -3.33. The predicted octanol–water partition coefficient (Wildman–Crippen LogP) is 5.58. The normalized spacial score (nSPS) is 11.5. The van der Waals surface area contributed by atoms with E-state index in [4.69, 9.17) is 4.74 Å². The molecule has 9 heteroatoms. The Balaban J connectivity index is 1.56. The Bertz CT molecular complexity index is 1030. The van der Waals surface area contributed by atoms with Crippen LogP contribution in [0.3, 0.4) is 0 Å². The molecule has 1 amide bonds. The summed E-state index contributed by atoms with van der Waals surface area (Å²) in [5, 5.41) is 5.28. The lowest BCUT2D eigenvalue weighted by molar-refractivity contribution is -0.274. The van der Waals surface area contributed by atoms with Gasteiger partial charge in [0.25, 0.3) is 0 Å². The number of hydrogen-bond acceptors (Lipinski definition) is 5. The summed E-state index contributed by atoms with van der Waals surface area (Å²) in [6.07, 6.45) is -2.09. The Labute approximate surface area is 174 Å². The van der Waals surface area contributed by atoms with E-state index in [2.05, 4.69) is 15.0 Å². The number of alkyl halides is 3. The highest BCUT2D eigenvalue weighted by Gasteiger charge is 2.32. The molecule has 0 atom stereocenters. The van der Waals surface area contributed by atoms with Gasteiger partial charge >= 0.3 is 6.36 Å². The van der Waals surface area contributed by atoms with Gasteiger partial charge in [0.05, 0.1) is 16.4 Å². The number of rotatable bonds is 7. The lowest BCUT2D eigenvalue weighted by Gasteiger charge is -2.13. The molecule has 0 unspecified atom stereocenters. The van der Waals surface area contributed by atoms with Crippen LogP contribution in [0, 0.1) is 6.92 Å². The first kappa shape index (κ1) is 21.4. The molecular weight excluding hydrogens is 417 g/mol. The third-order valence-corrected chi connectivity index (χ3v) is 4.55. The monoisotopic (exact) mass is 434 g/mol. The zero-order valence-electron chi connectivity index (χ0n) is 15.8. The maximum atomic E-state index is 12.5. The highest BCUT2D eigenvalue weighted by Crippen LogP contribution is 2.29. The van der Waals surface area contributed by atoms with Gasteiger partial charge in [-0.1, -0.05) is 24.3 Å². The SMILES string of the molecule is Cc1nc(COc2ccc(/C=C/C(=O)Nc3ccccc3OC(F)(F)F)cc2)cs1. The summed E-state index contributed by atoms with van der Waals surface area (Å²) in [6, 6.07) is 12.3. The van der Waals surface area contributed by atoms with Crippen LogP contribution in [0.4, 0.5) is 18.9 Å². The van der Waals surface area contributed by atoms with E-state index in [1.165, 1.54) is 30.4 Å². The van der Waals surface area contributed by atoms with Crippen LogP contribution < -0.4 is 14.8 Å². The Kier molecular flexibility index (Phi) is 6.73. The van der Waals surface area contributed by atoms with Gasteiger partial charge in [0.1, 0.15) is 12.4 Å². The molecule has 0 aliphatic heterocycles. The van der Waals surface area contributed by atoms with Crippen LogP contribution in [-0.4, -0.2) is 17.3 Å². The third-order valence-electron chi connectivity index (χ3n) is 3.73. The zero-order chi connectivity index (χ0) is 21.6. The van der Waals surface area contributed by atoms with Gasteiger partial charge in [-0.3, -0.25) is 4.79 Å². The summed E-state index contributed by atoms with van der Waals surface area (Å²) in [5.74, 6) is -0.420. The minimum atomic E-state index is -4.85. The first-order chi connectivity index (χ1) is 14.3. The van der Waals surface area contributed by atoms with Crippen LogP contribution in [0.2, 0.25) is 0 Å². The van der Waals surface area contributed by atoms with Gasteiger partial charge in [-0.25, -0.2) is 4.98 Å². The van der Waals surface area contributed by atoms with E-state index >= 15 is 0 Å². The largest absolute Gasteiger partial charge is 0.573 e. The molecule has 2 aromatic carbocycles. The quantitative estimate of drug-likeness (QED) is 0.493. The van der Waals surface area contributed by atoms with Gasteiger partial charge in [0, 0.05) is 11.5 Å². The minimum Gasteiger partial charge on any atom is -0.487 e. The molecule has 3 rings (SSSR count). The maximum absolute atomic E-state index is 12.5. The molecule has 1 N–H and O–H groups in total. The molecule has 0 saturated heterocycles. The first-order valence-corrected chi connectivity index (χ1v) is 9.64. The first-order valence-electron chi connectivity index (χ1n) is 8.76. The number of amides is 1. The molecule has 0 bridgehead atoms. The van der Waals surface area contributed by atoms with E-state index < -0.39 is 18.0 Å². The van der Waals surface area contributed by atoms with Gasteiger partial charge < -0.3 is 14.8 Å². The molecule has 0 spiro atoms. The lowest BCUT2D eigenvalue weighted by Crippen LogP contribution is -2.19. The van der Waals surface area contributed by atoms with Crippen molar-refractivity contribution in [3.8, 4) is 11.5 Å². The van der Waals surface area contributed by atoms with Crippen molar-refractivity contribution in [2.45, 2.75) is 19.9 Å². The predicted molar refractivity (Wildman–Crippen MR) is 108 cm³/mol. The molecule has 1 aromatic heterocycles. The maximum Gasteiger partial charge on any atom is 0.573 e. The number of para-hydroxylation sites is 2. The van der Waals surface area contributed by atoms with Crippen molar-refractivity contribution < 1.29 is 27.4 Å². The van der Waals surface area contributed by atoms with Crippen LogP contribution in [0.15, 0.2) is 60.0 Å². The number of benzene rings is 2. The molecule has 0 saturated carbocycles. The number of nitrogens with zero attached hydrogens (tertiary/aromatic N) is 1. The van der Waals surface area contributed by atoms with Crippen molar-refractivity contribution in [2.24, 2.45) is 0 Å². The molecule has 0 radical (unpaired) electrons. The molecule has 156 valence electrons. The fourth-order valence-electron chi connectivity index (χ4n) is 2.44. The molecule has 1 heterocycles. The highest BCUT2D eigenvalue weighted by molar-refractivity contribution is 7.09. The number of aromatic nitrogens is 1. The van der Waals surface area contributed by atoms with E-state index in [1.54, 1.807) is 35.6 Å². The lowest BCUT2D eigenvalue weighted by atomic mass is 10.2. The van der Waals surface area contributed by atoms with Crippen molar-refractivity contribution in [3.05, 3.63) is 76.3 Å². The summed E-state index contributed by atoms with van der Waals surface area (Å²) in [6.45, 7) is 2.29. The fraction of sp³-hybridized carbons (Fsp3) is 0.143. The number of anilines is 1. The Morgan fingerprint density at radius 2 is 1.90 bits per heavy atom. The average molecular weight is 434 g/mol. The van der Waals surface area contributed by atoms with Crippen molar-refractivity contribution in [1.82, 2.24) is 4.98 Å². The second-order valence-electron chi connectivity index (χ2n) is 6.08. The number of carbonyl (C=O) groups excluding carboxylic acids is 1. The van der Waals surface area contributed by atoms with Crippen molar-refractivity contribution in [3.63, 3.8) is 0 Å². The molecule has 0 fully saturated rings. The van der Waals surface area contributed by atoms with Gasteiger partial charge in [-0.05, 0) is 42.8 Å². The summed E-state index contributed by atoms with van der Waals surface area (Å²) in [5.41, 5.74) is 1.50. The number of nitrogens with one attached hydrogen (secondary N) is 1. The molecule has 0 aliphatic carbocycles. The van der Waals surface area contributed by atoms with Crippen LogP contribution in [0.25, 0.3) is 6.08 Å². The number of halogens is 3. The number of thiazole rings is 1. The Morgan fingerprint density at radius 1 is 1.17 bits per heavy atom. The summed E-state index contributed by atoms with van der Waals surface area (Å²) >= 11 is 1.55. The summed E-state index contributed by atoms with van der Waals surface area (Å²) in [7, 11) is 0. The molecule has 0 aliphatic rings. The smallest absolute Gasteiger partial charge is 0.487 e. The van der Waals surface area contributed by atoms with E-state index in [1.807, 2.05) is 12.3 Å². The average Bonchev–Trinajstić information content (AvgIpc) is 3.11. The number of aryl methyl sites for hydroxylation is 1. The standard InChI is InChI=1S/C21H17F3N2O3S/c1-14-25-16(13-30-14)12-28-17-9-6-15(7-10-17)8-11-20(27)26-18-4-2-3-5-19(18)29-21(22,23)24/h2-11,13H,12H2,1H3,(H,26,27)/b11-8+. The van der Waals surface area contributed by atoms with E-state index in [-0.39, 0.29) is 5.69 Å². The van der Waals surface area contributed by atoms with Crippen LogP contribution in [0.1, 0.15) is 16.3 Å². The molecular formula is C21H17F3N2O3S. The van der Waals surface area contributed by atoms with Crippen LogP contribution >= 0.6 is 11.3 Å². The van der Waals surface area contributed by atoms with Crippen LogP contribution in [0.5, 0.6) is 11.5 Å². The second-order valence-corrected chi connectivity index (χ2v) is 7.14. The topological polar surface area (TPSA) is 60.5 Å². The van der Waals surface area contributed by atoms with Crippen molar-refractivity contribution in [2.75, 3.05) is 5.32 Å². The third kappa shape index (κ3) is 6.63. The Morgan fingerprint density at radius 3 is 2.57 bits per heavy atom. The minimum absolute atomic E-state index is 0.0782. The van der Waals surface area contributed by atoms with Crippen molar-refractivity contribution in [1.29, 1.82) is 0 Å². The summed E-state index contributed by atoms with van der Waals surface area (Å²) < 4.78 is 46.9. The fourth-order valence-corrected chi connectivity index (χ4v) is 3.03.